The lowest BCUT2D eigenvalue weighted by Crippen LogP contribution is -2.19. The van der Waals surface area contributed by atoms with Gasteiger partial charge < -0.3 is 10.1 Å². The van der Waals surface area contributed by atoms with Crippen LogP contribution in [0.3, 0.4) is 0 Å². The van der Waals surface area contributed by atoms with E-state index in [1.807, 2.05) is 6.07 Å². The average molecular weight is 393 g/mol. The van der Waals surface area contributed by atoms with Gasteiger partial charge in [0.05, 0.1) is 11.1 Å². The summed E-state index contributed by atoms with van der Waals surface area (Å²) in [5, 5.41) is 21.4. The molecule has 0 fully saturated rings. The zero-order chi connectivity index (χ0) is 20.2. The van der Waals surface area contributed by atoms with E-state index in [9.17, 15) is 14.9 Å². The van der Waals surface area contributed by atoms with Crippen LogP contribution in [0.4, 0.5) is 11.4 Å². The molecule has 1 aliphatic carbocycles. The van der Waals surface area contributed by atoms with Crippen LogP contribution in [0.15, 0.2) is 48.7 Å². The van der Waals surface area contributed by atoms with Crippen molar-refractivity contribution in [3.05, 3.63) is 75.6 Å². The van der Waals surface area contributed by atoms with Crippen LogP contribution in [-0.2, 0) is 30.8 Å². The quantitative estimate of drug-likeness (QED) is 0.488. The van der Waals surface area contributed by atoms with Crippen LogP contribution in [-0.4, -0.2) is 25.8 Å². The smallest absolute Gasteiger partial charge is 0.271 e. The summed E-state index contributed by atoms with van der Waals surface area (Å²) >= 11 is 0. The van der Waals surface area contributed by atoms with Crippen molar-refractivity contribution in [2.24, 2.45) is 0 Å². The molecule has 1 N–H and O–H groups in total. The minimum Gasteiger partial charge on any atom is -0.487 e. The number of carbonyl (C=O) groups excluding carboxylic acids is 1. The van der Waals surface area contributed by atoms with Crippen LogP contribution < -0.4 is 10.1 Å². The molecule has 148 valence electrons. The monoisotopic (exact) mass is 393 g/mol. The molecule has 1 heterocycles. The van der Waals surface area contributed by atoms with Gasteiger partial charge in [0.1, 0.15) is 24.6 Å². The van der Waals surface area contributed by atoms with Gasteiger partial charge in [0.25, 0.3) is 5.69 Å². The molecule has 2 aromatic carbocycles. The van der Waals surface area contributed by atoms with Gasteiger partial charge in [-0.05, 0) is 48.6 Å². The van der Waals surface area contributed by atoms with Gasteiger partial charge >= 0.3 is 0 Å². The van der Waals surface area contributed by atoms with Crippen molar-refractivity contribution >= 4 is 17.3 Å². The highest BCUT2D eigenvalue weighted by atomic mass is 16.6. The van der Waals surface area contributed by atoms with Gasteiger partial charge in [0.15, 0.2) is 0 Å². The normalized spacial score (nSPS) is 12.4. The molecule has 0 saturated heterocycles. The predicted octanol–water partition coefficient (Wildman–Crippen LogP) is 2.89. The van der Waals surface area contributed by atoms with Crippen LogP contribution in [0.5, 0.6) is 5.75 Å². The number of anilines is 1. The Bertz CT molecular complexity index is 1060. The van der Waals surface area contributed by atoms with Gasteiger partial charge in [-0.3, -0.25) is 14.9 Å². The summed E-state index contributed by atoms with van der Waals surface area (Å²) in [6, 6.07) is 11.9. The second-order valence-electron chi connectivity index (χ2n) is 6.84. The average Bonchev–Trinajstić information content (AvgIpc) is 3.35. The largest absolute Gasteiger partial charge is 0.487 e. The number of hydrogen-bond acceptors (Lipinski definition) is 6. The van der Waals surface area contributed by atoms with Crippen LogP contribution in [0, 0.1) is 10.1 Å². The lowest BCUT2D eigenvalue weighted by Gasteiger charge is -2.06. The van der Waals surface area contributed by atoms with Crippen molar-refractivity contribution in [1.29, 1.82) is 0 Å². The molecule has 1 aromatic heterocycles. The van der Waals surface area contributed by atoms with E-state index in [4.69, 9.17) is 4.74 Å². The number of rotatable bonds is 7. The topological polar surface area (TPSA) is 112 Å². The fourth-order valence-electron chi connectivity index (χ4n) is 3.32. The Morgan fingerprint density at radius 1 is 1.21 bits per heavy atom. The first-order valence-corrected chi connectivity index (χ1v) is 9.25. The Balaban J connectivity index is 1.31. The summed E-state index contributed by atoms with van der Waals surface area (Å²) in [6.07, 6.45) is 5.04. The van der Waals surface area contributed by atoms with E-state index in [-0.39, 0.29) is 24.7 Å². The molecule has 1 aliphatic rings. The predicted molar refractivity (Wildman–Crippen MR) is 105 cm³/mol. The zero-order valence-corrected chi connectivity index (χ0v) is 15.6. The summed E-state index contributed by atoms with van der Waals surface area (Å²) in [7, 11) is 0. The number of hydrogen-bond donors (Lipinski definition) is 1. The number of nitrogens with zero attached hydrogens (tertiary/aromatic N) is 4. The summed E-state index contributed by atoms with van der Waals surface area (Å²) in [5.74, 6) is 0.435. The number of nitrogens with one attached hydrogen (secondary N) is 1. The molecular weight excluding hydrogens is 374 g/mol. The molecular formula is C20H19N5O4. The van der Waals surface area contributed by atoms with Gasteiger partial charge in [-0.15, -0.1) is 5.10 Å². The Morgan fingerprint density at radius 3 is 2.93 bits per heavy atom. The standard InChI is InChI=1S/C20H19N5O4/c26-20(21-16-5-2-6-18(10-16)25(27)28)12-24-11-17(22-23-24)13-29-19-8-7-14-3-1-4-15(14)9-19/h2,5-11H,1,3-4,12-13H2,(H,21,26). The van der Waals surface area contributed by atoms with Gasteiger partial charge in [-0.2, -0.15) is 0 Å². The maximum atomic E-state index is 12.2. The fraction of sp³-hybridized carbons (Fsp3) is 0.250. The van der Waals surface area contributed by atoms with Gasteiger partial charge in [0.2, 0.25) is 5.91 Å². The molecule has 0 spiro atoms. The van der Waals surface area contributed by atoms with E-state index in [1.165, 1.54) is 40.4 Å². The first-order chi connectivity index (χ1) is 14.1. The third-order valence-corrected chi connectivity index (χ3v) is 4.69. The lowest BCUT2D eigenvalue weighted by molar-refractivity contribution is -0.384. The summed E-state index contributed by atoms with van der Waals surface area (Å²) in [4.78, 5) is 22.5. The summed E-state index contributed by atoms with van der Waals surface area (Å²) < 4.78 is 7.18. The molecule has 4 rings (SSSR count). The second-order valence-corrected chi connectivity index (χ2v) is 6.84. The molecule has 0 aliphatic heterocycles. The van der Waals surface area contributed by atoms with Crippen molar-refractivity contribution in [1.82, 2.24) is 15.0 Å². The van der Waals surface area contributed by atoms with Crippen LogP contribution >= 0.6 is 0 Å². The molecule has 0 radical (unpaired) electrons. The van der Waals surface area contributed by atoms with Crippen molar-refractivity contribution in [2.45, 2.75) is 32.4 Å². The molecule has 9 nitrogen and oxygen atoms in total. The number of benzene rings is 2. The van der Waals surface area contributed by atoms with E-state index >= 15 is 0 Å². The molecule has 29 heavy (non-hydrogen) atoms. The number of amides is 1. The summed E-state index contributed by atoms with van der Waals surface area (Å²) in [6.45, 7) is 0.194. The van der Waals surface area contributed by atoms with Crippen molar-refractivity contribution in [3.8, 4) is 5.75 Å². The van der Waals surface area contributed by atoms with Gasteiger partial charge in [-0.25, -0.2) is 4.68 Å². The Hall–Kier alpha value is -3.75. The maximum Gasteiger partial charge on any atom is 0.271 e. The van der Waals surface area contributed by atoms with Gasteiger partial charge in [0, 0.05) is 17.8 Å². The van der Waals surface area contributed by atoms with Crippen molar-refractivity contribution in [3.63, 3.8) is 0 Å². The highest BCUT2D eigenvalue weighted by molar-refractivity contribution is 5.90. The van der Waals surface area contributed by atoms with Crippen LogP contribution in [0.25, 0.3) is 0 Å². The first kappa shape index (κ1) is 18.6. The molecule has 1 amide bonds. The van der Waals surface area contributed by atoms with Crippen LogP contribution in [0.2, 0.25) is 0 Å². The highest BCUT2D eigenvalue weighted by Crippen LogP contribution is 2.26. The third-order valence-electron chi connectivity index (χ3n) is 4.69. The van der Waals surface area contributed by atoms with E-state index in [1.54, 1.807) is 12.3 Å². The summed E-state index contributed by atoms with van der Waals surface area (Å²) in [5.41, 5.74) is 3.59. The van der Waals surface area contributed by atoms with E-state index < -0.39 is 4.92 Å². The molecule has 3 aromatic rings. The number of nitro benzene ring substituents is 1. The number of non-ortho nitro benzene ring substituents is 1. The van der Waals surface area contributed by atoms with E-state index in [0.717, 1.165) is 18.6 Å². The molecule has 9 heteroatoms. The number of ether oxygens (including phenoxy) is 1. The van der Waals surface area contributed by atoms with Crippen molar-refractivity contribution < 1.29 is 14.5 Å². The number of carbonyl (C=O) groups is 1. The van der Waals surface area contributed by atoms with E-state index in [2.05, 4.69) is 27.8 Å². The molecule has 0 atom stereocenters. The zero-order valence-electron chi connectivity index (χ0n) is 15.6. The minimum absolute atomic E-state index is 0.0610. The Kier molecular flexibility index (Phi) is 5.19. The third kappa shape index (κ3) is 4.57. The number of aromatic nitrogens is 3. The Labute approximate surface area is 166 Å². The van der Waals surface area contributed by atoms with Crippen LogP contribution in [0.1, 0.15) is 23.2 Å². The second kappa shape index (κ2) is 8.09. The molecule has 0 saturated carbocycles. The Morgan fingerprint density at radius 2 is 2.07 bits per heavy atom. The number of nitro groups is 1. The van der Waals surface area contributed by atoms with E-state index in [0.29, 0.717) is 11.4 Å². The van der Waals surface area contributed by atoms with Crippen molar-refractivity contribution in [2.75, 3.05) is 5.32 Å². The number of aryl methyl sites for hydroxylation is 2. The lowest BCUT2D eigenvalue weighted by atomic mass is 10.1. The first-order valence-electron chi connectivity index (χ1n) is 9.25. The molecule has 0 bridgehead atoms. The number of fused-ring (bicyclic) bond motifs is 1. The SMILES string of the molecule is O=C(Cn1cc(COc2ccc3c(c2)CCC3)nn1)Nc1cccc([N+](=O)[O-])c1. The molecule has 0 unspecified atom stereocenters. The fourth-order valence-corrected chi connectivity index (χ4v) is 3.32. The van der Waals surface area contributed by atoms with Gasteiger partial charge in [-0.1, -0.05) is 17.3 Å². The maximum absolute atomic E-state index is 12.2. The highest BCUT2D eigenvalue weighted by Gasteiger charge is 2.12. The minimum atomic E-state index is -0.514.